The van der Waals surface area contributed by atoms with Crippen LogP contribution in [-0.4, -0.2) is 24.0 Å². The van der Waals surface area contributed by atoms with E-state index in [-0.39, 0.29) is 0 Å². The molecular formula is C10H19N. The van der Waals surface area contributed by atoms with Crippen LogP contribution in [0.15, 0.2) is 0 Å². The number of nitrogens with zero attached hydrogens (tertiary/aromatic N) is 1. The molecule has 1 heterocycles. The minimum Gasteiger partial charge on any atom is -0.301 e. The Morgan fingerprint density at radius 1 is 1.27 bits per heavy atom. The van der Waals surface area contributed by atoms with E-state index >= 15 is 0 Å². The van der Waals surface area contributed by atoms with Gasteiger partial charge >= 0.3 is 0 Å². The Labute approximate surface area is 69.8 Å². The molecule has 0 aromatic carbocycles. The Morgan fingerprint density at radius 3 is 2.82 bits per heavy atom. The van der Waals surface area contributed by atoms with E-state index in [1.54, 1.807) is 0 Å². The normalized spacial score (nSPS) is 45.8. The molecule has 2 unspecified atom stereocenters. The van der Waals surface area contributed by atoms with Crippen LogP contribution in [0.5, 0.6) is 0 Å². The van der Waals surface area contributed by atoms with Crippen molar-refractivity contribution in [3.05, 3.63) is 0 Å². The van der Waals surface area contributed by atoms with E-state index in [0.717, 1.165) is 5.92 Å². The Kier molecular flexibility index (Phi) is 1.71. The summed E-state index contributed by atoms with van der Waals surface area (Å²) < 4.78 is 0. The molecule has 1 aliphatic heterocycles. The highest BCUT2D eigenvalue weighted by Crippen LogP contribution is 2.43. The maximum absolute atomic E-state index is 2.58. The molecule has 1 saturated heterocycles. The summed E-state index contributed by atoms with van der Waals surface area (Å²) >= 11 is 0. The van der Waals surface area contributed by atoms with Crippen LogP contribution < -0.4 is 0 Å². The lowest BCUT2D eigenvalue weighted by Crippen LogP contribution is -2.44. The SMILES string of the molecule is CN1CCC2CCCCC21C. The van der Waals surface area contributed by atoms with Crippen molar-refractivity contribution >= 4 is 0 Å². The predicted octanol–water partition coefficient (Wildman–Crippen LogP) is 2.27. The van der Waals surface area contributed by atoms with Gasteiger partial charge in [0.05, 0.1) is 0 Å². The lowest BCUT2D eigenvalue weighted by molar-refractivity contribution is 0.105. The Bertz CT molecular complexity index is 153. The first-order valence-corrected chi connectivity index (χ1v) is 4.95. The zero-order chi connectivity index (χ0) is 7.90. The summed E-state index contributed by atoms with van der Waals surface area (Å²) in [6, 6.07) is 0. The van der Waals surface area contributed by atoms with Crippen molar-refractivity contribution < 1.29 is 0 Å². The summed E-state index contributed by atoms with van der Waals surface area (Å²) in [5.74, 6) is 1.02. The zero-order valence-electron chi connectivity index (χ0n) is 7.77. The minimum absolute atomic E-state index is 0.582. The second-order valence-corrected chi connectivity index (χ2v) is 4.51. The molecule has 2 atom stereocenters. The highest BCUT2D eigenvalue weighted by Gasteiger charge is 2.43. The minimum atomic E-state index is 0.582. The van der Waals surface area contributed by atoms with Crippen LogP contribution in [-0.2, 0) is 0 Å². The highest BCUT2D eigenvalue weighted by atomic mass is 15.2. The molecule has 1 nitrogen and oxygen atoms in total. The van der Waals surface area contributed by atoms with E-state index in [9.17, 15) is 0 Å². The van der Waals surface area contributed by atoms with Gasteiger partial charge in [0.1, 0.15) is 0 Å². The van der Waals surface area contributed by atoms with Gasteiger partial charge in [0.25, 0.3) is 0 Å². The Hall–Kier alpha value is -0.0400. The largest absolute Gasteiger partial charge is 0.301 e. The van der Waals surface area contributed by atoms with E-state index in [2.05, 4.69) is 18.9 Å². The molecule has 2 aliphatic rings. The van der Waals surface area contributed by atoms with E-state index in [4.69, 9.17) is 0 Å². The fourth-order valence-electron chi connectivity index (χ4n) is 2.95. The van der Waals surface area contributed by atoms with Crippen molar-refractivity contribution in [2.45, 2.75) is 44.6 Å². The third-order valence-corrected chi connectivity index (χ3v) is 4.05. The number of likely N-dealkylation sites (tertiary alicyclic amines) is 1. The van der Waals surface area contributed by atoms with E-state index in [1.807, 2.05) is 0 Å². The Morgan fingerprint density at radius 2 is 2.09 bits per heavy atom. The first kappa shape index (κ1) is 7.60. The molecule has 0 amide bonds. The van der Waals surface area contributed by atoms with Crippen LogP contribution in [0.3, 0.4) is 0 Å². The van der Waals surface area contributed by atoms with E-state index < -0.39 is 0 Å². The quantitative estimate of drug-likeness (QED) is 0.516. The molecule has 2 fully saturated rings. The predicted molar refractivity (Wildman–Crippen MR) is 47.6 cm³/mol. The maximum atomic E-state index is 2.58. The topological polar surface area (TPSA) is 3.24 Å². The zero-order valence-corrected chi connectivity index (χ0v) is 7.77. The van der Waals surface area contributed by atoms with Gasteiger partial charge in [-0.25, -0.2) is 0 Å². The number of rotatable bonds is 0. The fourth-order valence-corrected chi connectivity index (χ4v) is 2.95. The van der Waals surface area contributed by atoms with Crippen molar-refractivity contribution in [1.82, 2.24) is 4.90 Å². The van der Waals surface area contributed by atoms with Gasteiger partial charge in [0.2, 0.25) is 0 Å². The van der Waals surface area contributed by atoms with Gasteiger partial charge in [-0.2, -0.15) is 0 Å². The monoisotopic (exact) mass is 153 g/mol. The molecule has 0 bridgehead atoms. The van der Waals surface area contributed by atoms with Gasteiger partial charge in [0.15, 0.2) is 0 Å². The number of hydrogen-bond acceptors (Lipinski definition) is 1. The summed E-state index contributed by atoms with van der Waals surface area (Å²) in [5, 5.41) is 0. The molecule has 0 aromatic heterocycles. The van der Waals surface area contributed by atoms with Gasteiger partial charge < -0.3 is 4.90 Å². The third kappa shape index (κ3) is 1.01. The van der Waals surface area contributed by atoms with Crippen molar-refractivity contribution in [1.29, 1.82) is 0 Å². The molecule has 2 rings (SSSR count). The average molecular weight is 153 g/mol. The second-order valence-electron chi connectivity index (χ2n) is 4.51. The molecule has 1 aliphatic carbocycles. The average Bonchev–Trinajstić information content (AvgIpc) is 2.29. The molecule has 1 heteroatoms. The lowest BCUT2D eigenvalue weighted by atomic mass is 9.75. The summed E-state index contributed by atoms with van der Waals surface area (Å²) in [6.07, 6.45) is 7.31. The van der Waals surface area contributed by atoms with Gasteiger partial charge in [-0.15, -0.1) is 0 Å². The summed E-state index contributed by atoms with van der Waals surface area (Å²) in [6.45, 7) is 3.80. The standard InChI is InChI=1S/C10H19N/c1-10-7-4-3-5-9(10)6-8-11(10)2/h9H,3-8H2,1-2H3. The van der Waals surface area contributed by atoms with Crippen molar-refractivity contribution in [2.75, 3.05) is 13.6 Å². The van der Waals surface area contributed by atoms with Crippen molar-refractivity contribution in [3.8, 4) is 0 Å². The van der Waals surface area contributed by atoms with E-state index in [1.165, 1.54) is 38.6 Å². The molecule has 11 heavy (non-hydrogen) atoms. The van der Waals surface area contributed by atoms with Crippen LogP contribution in [0.4, 0.5) is 0 Å². The van der Waals surface area contributed by atoms with Crippen molar-refractivity contribution in [2.24, 2.45) is 5.92 Å². The highest BCUT2D eigenvalue weighted by molar-refractivity contribution is 4.99. The summed E-state index contributed by atoms with van der Waals surface area (Å²) in [5.41, 5.74) is 0.582. The van der Waals surface area contributed by atoms with Crippen LogP contribution in [0.1, 0.15) is 39.0 Å². The third-order valence-electron chi connectivity index (χ3n) is 4.05. The summed E-state index contributed by atoms with van der Waals surface area (Å²) in [4.78, 5) is 2.58. The van der Waals surface area contributed by atoms with Crippen LogP contribution >= 0.6 is 0 Å². The summed E-state index contributed by atoms with van der Waals surface area (Å²) in [7, 11) is 2.30. The molecule has 0 N–H and O–H groups in total. The fraction of sp³-hybridized carbons (Fsp3) is 1.00. The number of hydrogen-bond donors (Lipinski definition) is 0. The first-order valence-electron chi connectivity index (χ1n) is 4.95. The van der Waals surface area contributed by atoms with Crippen molar-refractivity contribution in [3.63, 3.8) is 0 Å². The first-order chi connectivity index (χ1) is 5.23. The van der Waals surface area contributed by atoms with Gasteiger partial charge in [0, 0.05) is 5.54 Å². The molecular weight excluding hydrogens is 134 g/mol. The molecule has 0 radical (unpaired) electrons. The molecule has 1 saturated carbocycles. The molecule has 0 spiro atoms. The molecule has 0 aromatic rings. The second kappa shape index (κ2) is 2.48. The van der Waals surface area contributed by atoms with E-state index in [0.29, 0.717) is 5.54 Å². The number of fused-ring (bicyclic) bond motifs is 1. The smallest absolute Gasteiger partial charge is 0.0207 e. The Balaban J connectivity index is 2.16. The van der Waals surface area contributed by atoms with Crippen LogP contribution in [0.2, 0.25) is 0 Å². The lowest BCUT2D eigenvalue weighted by Gasteiger charge is -2.41. The van der Waals surface area contributed by atoms with Gasteiger partial charge in [-0.3, -0.25) is 0 Å². The van der Waals surface area contributed by atoms with Crippen LogP contribution in [0.25, 0.3) is 0 Å². The molecule has 64 valence electrons. The van der Waals surface area contributed by atoms with Gasteiger partial charge in [-0.1, -0.05) is 12.8 Å². The van der Waals surface area contributed by atoms with Crippen LogP contribution in [0, 0.1) is 5.92 Å². The van der Waals surface area contributed by atoms with Gasteiger partial charge in [-0.05, 0) is 45.7 Å². The maximum Gasteiger partial charge on any atom is 0.0207 e.